The molecule has 1 saturated heterocycles. The highest BCUT2D eigenvalue weighted by Crippen LogP contribution is 2.29. The second-order valence-electron chi connectivity index (χ2n) is 5.67. The fourth-order valence-corrected chi connectivity index (χ4v) is 2.72. The molecular formula is C15H18N2O3. The van der Waals surface area contributed by atoms with Crippen LogP contribution in [0.25, 0.3) is 11.1 Å². The summed E-state index contributed by atoms with van der Waals surface area (Å²) in [5.74, 6) is -0.333. The van der Waals surface area contributed by atoms with Gasteiger partial charge in [0.25, 0.3) is 6.01 Å². The van der Waals surface area contributed by atoms with Crippen molar-refractivity contribution >= 4 is 23.1 Å². The van der Waals surface area contributed by atoms with Gasteiger partial charge < -0.3 is 14.4 Å². The number of anilines is 1. The molecule has 3 rings (SSSR count). The summed E-state index contributed by atoms with van der Waals surface area (Å²) in [4.78, 5) is 17.6. The van der Waals surface area contributed by atoms with Gasteiger partial charge in [0.15, 0.2) is 5.58 Å². The number of oxazole rings is 1. The van der Waals surface area contributed by atoms with Gasteiger partial charge >= 0.3 is 5.97 Å². The van der Waals surface area contributed by atoms with Crippen LogP contribution in [0.4, 0.5) is 6.01 Å². The molecule has 1 aromatic carbocycles. The van der Waals surface area contributed by atoms with Crippen LogP contribution >= 0.6 is 0 Å². The van der Waals surface area contributed by atoms with Crippen LogP contribution in [-0.4, -0.2) is 28.6 Å². The normalized spacial score (nSPS) is 23.2. The summed E-state index contributed by atoms with van der Waals surface area (Å²) < 4.78 is 5.77. The first kappa shape index (κ1) is 13.0. The maximum Gasteiger partial charge on any atom is 0.335 e. The Morgan fingerprint density at radius 3 is 2.95 bits per heavy atom. The van der Waals surface area contributed by atoms with E-state index >= 15 is 0 Å². The number of benzene rings is 1. The van der Waals surface area contributed by atoms with Crippen molar-refractivity contribution in [2.45, 2.75) is 32.7 Å². The molecule has 2 aromatic rings. The summed E-state index contributed by atoms with van der Waals surface area (Å²) in [5, 5.41) is 9.00. The van der Waals surface area contributed by atoms with E-state index in [1.165, 1.54) is 12.5 Å². The molecule has 2 heterocycles. The number of carboxylic acids is 1. The van der Waals surface area contributed by atoms with Gasteiger partial charge in [-0.25, -0.2) is 4.79 Å². The zero-order valence-electron chi connectivity index (χ0n) is 11.7. The number of nitrogens with zero attached hydrogens (tertiary/aromatic N) is 2. The molecule has 5 heteroatoms. The lowest BCUT2D eigenvalue weighted by atomic mass is 9.96. The maximum atomic E-state index is 11.0. The van der Waals surface area contributed by atoms with Gasteiger partial charge in [-0.05, 0) is 43.9 Å². The highest BCUT2D eigenvalue weighted by Gasteiger charge is 2.26. The predicted molar refractivity (Wildman–Crippen MR) is 76.2 cm³/mol. The van der Waals surface area contributed by atoms with Gasteiger partial charge in [-0.1, -0.05) is 6.92 Å². The summed E-state index contributed by atoms with van der Waals surface area (Å²) in [6.45, 7) is 5.33. The molecule has 1 N–H and O–H groups in total. The van der Waals surface area contributed by atoms with Crippen molar-refractivity contribution in [3.8, 4) is 0 Å². The largest absolute Gasteiger partial charge is 0.478 e. The Balaban J connectivity index is 1.97. The van der Waals surface area contributed by atoms with Gasteiger partial charge in [-0.15, -0.1) is 0 Å². The summed E-state index contributed by atoms with van der Waals surface area (Å²) in [7, 11) is 0. The Morgan fingerprint density at radius 2 is 2.20 bits per heavy atom. The van der Waals surface area contributed by atoms with Crippen molar-refractivity contribution in [2.24, 2.45) is 5.92 Å². The second kappa shape index (κ2) is 4.81. The van der Waals surface area contributed by atoms with Gasteiger partial charge in [0, 0.05) is 12.6 Å². The van der Waals surface area contributed by atoms with Crippen molar-refractivity contribution in [1.82, 2.24) is 4.98 Å². The van der Waals surface area contributed by atoms with Crippen LogP contribution in [0.3, 0.4) is 0 Å². The number of hydrogen-bond donors (Lipinski definition) is 1. The highest BCUT2D eigenvalue weighted by molar-refractivity contribution is 5.92. The second-order valence-corrected chi connectivity index (χ2v) is 5.67. The Morgan fingerprint density at radius 1 is 1.40 bits per heavy atom. The lowest BCUT2D eigenvalue weighted by molar-refractivity contribution is 0.0697. The topological polar surface area (TPSA) is 66.6 Å². The van der Waals surface area contributed by atoms with Gasteiger partial charge in [-0.2, -0.15) is 4.98 Å². The Kier molecular flexibility index (Phi) is 3.12. The minimum atomic E-state index is -0.954. The smallest absolute Gasteiger partial charge is 0.335 e. The molecule has 2 unspecified atom stereocenters. The Labute approximate surface area is 117 Å². The third kappa shape index (κ3) is 2.24. The van der Waals surface area contributed by atoms with Crippen molar-refractivity contribution < 1.29 is 14.3 Å². The molecule has 0 amide bonds. The molecule has 0 bridgehead atoms. The molecule has 5 nitrogen and oxygen atoms in total. The summed E-state index contributed by atoms with van der Waals surface area (Å²) in [5.41, 5.74) is 1.46. The van der Waals surface area contributed by atoms with Crippen molar-refractivity contribution in [3.63, 3.8) is 0 Å². The Hall–Kier alpha value is -2.04. The molecule has 20 heavy (non-hydrogen) atoms. The van der Waals surface area contributed by atoms with E-state index in [0.29, 0.717) is 29.1 Å². The fraction of sp³-hybridized carbons (Fsp3) is 0.467. The first-order valence-electron chi connectivity index (χ1n) is 6.95. The zero-order valence-corrected chi connectivity index (χ0v) is 11.7. The number of aromatic carboxylic acids is 1. The first-order valence-corrected chi connectivity index (χ1v) is 6.95. The number of carbonyl (C=O) groups is 1. The molecular weight excluding hydrogens is 256 g/mol. The van der Waals surface area contributed by atoms with Gasteiger partial charge in [0.2, 0.25) is 0 Å². The number of rotatable bonds is 2. The summed E-state index contributed by atoms with van der Waals surface area (Å²) in [6, 6.07) is 5.79. The SMILES string of the molecule is CC1CCC(C)N(c2nc3ccc(C(=O)O)cc3o2)C1. The van der Waals surface area contributed by atoms with Crippen molar-refractivity contribution in [1.29, 1.82) is 0 Å². The van der Waals surface area contributed by atoms with Crippen molar-refractivity contribution in [3.05, 3.63) is 23.8 Å². The molecule has 1 fully saturated rings. The molecule has 0 aliphatic carbocycles. The monoisotopic (exact) mass is 274 g/mol. The minimum absolute atomic E-state index is 0.222. The number of aromatic nitrogens is 1. The number of piperidine rings is 1. The molecule has 1 aliphatic heterocycles. The van der Waals surface area contributed by atoms with Crippen LogP contribution in [0, 0.1) is 5.92 Å². The maximum absolute atomic E-state index is 11.0. The summed E-state index contributed by atoms with van der Waals surface area (Å²) in [6.07, 6.45) is 2.35. The average molecular weight is 274 g/mol. The molecule has 1 aliphatic rings. The number of fused-ring (bicyclic) bond motifs is 1. The van der Waals surface area contributed by atoms with Crippen molar-refractivity contribution in [2.75, 3.05) is 11.4 Å². The molecule has 0 radical (unpaired) electrons. The Bertz CT molecular complexity index is 650. The van der Waals surface area contributed by atoms with Gasteiger partial charge in [-0.3, -0.25) is 0 Å². The molecule has 106 valence electrons. The third-order valence-electron chi connectivity index (χ3n) is 3.99. The van der Waals surface area contributed by atoms with E-state index in [-0.39, 0.29) is 5.56 Å². The molecule has 1 aromatic heterocycles. The first-order chi connectivity index (χ1) is 9.54. The van der Waals surface area contributed by atoms with E-state index in [9.17, 15) is 4.79 Å². The molecule has 2 atom stereocenters. The van der Waals surface area contributed by atoms with Crippen LogP contribution in [0.2, 0.25) is 0 Å². The standard InChI is InChI=1S/C15H18N2O3/c1-9-3-4-10(2)17(8-9)15-16-12-6-5-11(14(18)19)7-13(12)20-15/h5-7,9-10H,3-4,8H2,1-2H3,(H,18,19). The summed E-state index contributed by atoms with van der Waals surface area (Å²) >= 11 is 0. The fourth-order valence-electron chi connectivity index (χ4n) is 2.72. The van der Waals surface area contributed by atoms with Gasteiger partial charge in [0.05, 0.1) is 5.56 Å². The van der Waals surface area contributed by atoms with E-state index in [4.69, 9.17) is 9.52 Å². The molecule has 0 spiro atoms. The predicted octanol–water partition coefficient (Wildman–Crippen LogP) is 3.15. The lowest BCUT2D eigenvalue weighted by Crippen LogP contribution is -2.41. The zero-order chi connectivity index (χ0) is 14.3. The van der Waals surface area contributed by atoms with Crippen LogP contribution in [0.1, 0.15) is 37.0 Å². The van der Waals surface area contributed by atoms with Crippen LogP contribution in [-0.2, 0) is 0 Å². The molecule has 0 saturated carbocycles. The van der Waals surface area contributed by atoms with Gasteiger partial charge in [0.1, 0.15) is 5.52 Å². The van der Waals surface area contributed by atoms with E-state index in [1.807, 2.05) is 0 Å². The highest BCUT2D eigenvalue weighted by atomic mass is 16.4. The average Bonchev–Trinajstić information content (AvgIpc) is 2.83. The van der Waals surface area contributed by atoms with E-state index in [1.54, 1.807) is 12.1 Å². The van der Waals surface area contributed by atoms with Crippen LogP contribution < -0.4 is 4.90 Å². The number of carboxylic acid groups (broad SMARTS) is 1. The van der Waals surface area contributed by atoms with Crippen LogP contribution in [0.15, 0.2) is 22.6 Å². The van der Waals surface area contributed by atoms with E-state index < -0.39 is 5.97 Å². The third-order valence-corrected chi connectivity index (χ3v) is 3.99. The van der Waals surface area contributed by atoms with E-state index in [0.717, 1.165) is 13.0 Å². The lowest BCUT2D eigenvalue weighted by Gasteiger charge is -2.35. The minimum Gasteiger partial charge on any atom is -0.478 e. The number of hydrogen-bond acceptors (Lipinski definition) is 4. The quantitative estimate of drug-likeness (QED) is 0.911. The van der Waals surface area contributed by atoms with E-state index in [2.05, 4.69) is 23.7 Å². The van der Waals surface area contributed by atoms with Crippen LogP contribution in [0.5, 0.6) is 0 Å².